The second-order valence-electron chi connectivity index (χ2n) is 10.4. The molecule has 1 aliphatic rings. The molecule has 1 N–H and O–H groups in total. The zero-order chi connectivity index (χ0) is 27.9. The molecule has 1 aliphatic carbocycles. The average Bonchev–Trinajstić information content (AvgIpc) is 2.99. The Morgan fingerprint density at radius 2 is 1.68 bits per heavy atom. The van der Waals surface area contributed by atoms with Crippen molar-refractivity contribution >= 4 is 16.9 Å². The number of amides is 2. The SMILES string of the molecule is CCOc1ccc(-n2c(C(CC)N(Cc3ccccc3)C(=O)NC3CCCCC3)nc3ccccc3c2=O)cc1. The zero-order valence-electron chi connectivity index (χ0n) is 23.4. The fourth-order valence-corrected chi connectivity index (χ4v) is 5.63. The van der Waals surface area contributed by atoms with Gasteiger partial charge in [-0.25, -0.2) is 9.78 Å². The van der Waals surface area contributed by atoms with E-state index in [-0.39, 0.29) is 17.6 Å². The van der Waals surface area contributed by atoms with E-state index in [0.29, 0.717) is 42.0 Å². The molecule has 208 valence electrons. The van der Waals surface area contributed by atoms with Gasteiger partial charge in [0.15, 0.2) is 0 Å². The lowest BCUT2D eigenvalue weighted by Crippen LogP contribution is -2.47. The predicted octanol–water partition coefficient (Wildman–Crippen LogP) is 6.78. The van der Waals surface area contributed by atoms with E-state index in [0.717, 1.165) is 37.0 Å². The van der Waals surface area contributed by atoms with Crippen LogP contribution in [0.15, 0.2) is 83.7 Å². The summed E-state index contributed by atoms with van der Waals surface area (Å²) in [5.41, 5.74) is 2.18. The fraction of sp³-hybridized carbons (Fsp3) is 0.364. The summed E-state index contributed by atoms with van der Waals surface area (Å²) in [6.07, 6.45) is 6.05. The molecule has 1 saturated carbocycles. The highest BCUT2D eigenvalue weighted by Crippen LogP contribution is 2.29. The zero-order valence-corrected chi connectivity index (χ0v) is 23.4. The van der Waals surface area contributed by atoms with Crippen molar-refractivity contribution in [1.82, 2.24) is 19.8 Å². The van der Waals surface area contributed by atoms with Crippen molar-refractivity contribution in [3.05, 3.63) is 101 Å². The molecule has 5 rings (SSSR count). The van der Waals surface area contributed by atoms with Crippen LogP contribution in [0.4, 0.5) is 4.79 Å². The summed E-state index contributed by atoms with van der Waals surface area (Å²) in [5, 5.41) is 3.85. The van der Waals surface area contributed by atoms with E-state index in [1.165, 1.54) is 6.42 Å². The number of hydrogen-bond acceptors (Lipinski definition) is 4. The smallest absolute Gasteiger partial charge is 0.318 e. The van der Waals surface area contributed by atoms with Gasteiger partial charge in [0.25, 0.3) is 5.56 Å². The van der Waals surface area contributed by atoms with Crippen molar-refractivity contribution in [3.8, 4) is 11.4 Å². The maximum absolute atomic E-state index is 14.0. The molecule has 7 nitrogen and oxygen atoms in total. The number of rotatable bonds is 9. The summed E-state index contributed by atoms with van der Waals surface area (Å²) in [6, 6.07) is 24.5. The van der Waals surface area contributed by atoms with Crippen molar-refractivity contribution in [2.45, 2.75) is 71.0 Å². The normalized spacial score (nSPS) is 14.6. The van der Waals surface area contributed by atoms with Crippen molar-refractivity contribution in [2.24, 2.45) is 0 Å². The third kappa shape index (κ3) is 6.03. The lowest BCUT2D eigenvalue weighted by Gasteiger charge is -2.34. The summed E-state index contributed by atoms with van der Waals surface area (Å²) in [6.45, 7) is 4.95. The number of nitrogens with one attached hydrogen (secondary N) is 1. The highest BCUT2D eigenvalue weighted by Gasteiger charge is 2.30. The maximum atomic E-state index is 14.0. The van der Waals surface area contributed by atoms with E-state index in [1.807, 2.05) is 91.5 Å². The summed E-state index contributed by atoms with van der Waals surface area (Å²) >= 11 is 0. The number of carbonyl (C=O) groups excluding carboxylic acids is 1. The maximum Gasteiger partial charge on any atom is 0.318 e. The Kier molecular flexibility index (Phi) is 8.79. The minimum atomic E-state index is -0.437. The van der Waals surface area contributed by atoms with Gasteiger partial charge in [-0.05, 0) is 68.1 Å². The molecular weight excluding hydrogens is 500 g/mol. The number of benzene rings is 3. The Hall–Kier alpha value is -4.13. The van der Waals surface area contributed by atoms with Gasteiger partial charge in [0.1, 0.15) is 11.6 Å². The van der Waals surface area contributed by atoms with Crippen molar-refractivity contribution in [1.29, 1.82) is 0 Å². The second-order valence-corrected chi connectivity index (χ2v) is 10.4. The highest BCUT2D eigenvalue weighted by atomic mass is 16.5. The van der Waals surface area contributed by atoms with Crippen molar-refractivity contribution in [3.63, 3.8) is 0 Å². The summed E-state index contributed by atoms with van der Waals surface area (Å²) in [7, 11) is 0. The first-order chi connectivity index (χ1) is 19.6. The van der Waals surface area contributed by atoms with E-state index >= 15 is 0 Å². The van der Waals surface area contributed by atoms with Crippen LogP contribution in [0, 0.1) is 0 Å². The lowest BCUT2D eigenvalue weighted by atomic mass is 9.95. The third-order valence-corrected chi connectivity index (χ3v) is 7.66. The number of fused-ring (bicyclic) bond motifs is 1. The molecule has 1 fully saturated rings. The molecule has 40 heavy (non-hydrogen) atoms. The molecule has 0 saturated heterocycles. The molecule has 4 aromatic rings. The fourth-order valence-electron chi connectivity index (χ4n) is 5.63. The molecule has 0 spiro atoms. The third-order valence-electron chi connectivity index (χ3n) is 7.66. The number of aromatic nitrogens is 2. The van der Waals surface area contributed by atoms with Crippen LogP contribution in [0.3, 0.4) is 0 Å². The highest BCUT2D eigenvalue weighted by molar-refractivity contribution is 5.78. The molecule has 0 radical (unpaired) electrons. The number of ether oxygens (including phenoxy) is 1. The van der Waals surface area contributed by atoms with Crippen LogP contribution >= 0.6 is 0 Å². The topological polar surface area (TPSA) is 76.5 Å². The Morgan fingerprint density at radius 1 is 0.975 bits per heavy atom. The van der Waals surface area contributed by atoms with Gasteiger partial charge in [0.2, 0.25) is 0 Å². The number of nitrogens with zero attached hydrogens (tertiary/aromatic N) is 3. The molecule has 3 aromatic carbocycles. The standard InChI is InChI=1S/C33H38N4O3/c1-3-30(36(23-24-13-7-5-8-14-24)33(39)34-25-15-9-6-10-16-25)31-35-29-18-12-11-17-28(29)32(38)37(31)26-19-21-27(22-20-26)40-4-2/h5,7-8,11-14,17-22,25,30H,3-4,6,9-10,15-16,23H2,1-2H3,(H,34,39). The summed E-state index contributed by atoms with van der Waals surface area (Å²) < 4.78 is 7.30. The quantitative estimate of drug-likeness (QED) is 0.255. The first kappa shape index (κ1) is 27.4. The molecule has 1 aromatic heterocycles. The van der Waals surface area contributed by atoms with Gasteiger partial charge in [0, 0.05) is 12.6 Å². The van der Waals surface area contributed by atoms with Crippen LogP contribution in [0.5, 0.6) is 5.75 Å². The van der Waals surface area contributed by atoms with Crippen LogP contribution in [-0.2, 0) is 6.54 Å². The van der Waals surface area contributed by atoms with Crippen molar-refractivity contribution < 1.29 is 9.53 Å². The molecule has 7 heteroatoms. The Labute approximate surface area is 235 Å². The number of urea groups is 1. The predicted molar refractivity (Wildman–Crippen MR) is 159 cm³/mol. The average molecular weight is 539 g/mol. The van der Waals surface area contributed by atoms with Crippen LogP contribution in [0.25, 0.3) is 16.6 Å². The van der Waals surface area contributed by atoms with Gasteiger partial charge in [0.05, 0.1) is 29.2 Å². The van der Waals surface area contributed by atoms with E-state index in [4.69, 9.17) is 9.72 Å². The van der Waals surface area contributed by atoms with Gasteiger partial charge in [-0.2, -0.15) is 0 Å². The Balaban J connectivity index is 1.63. The van der Waals surface area contributed by atoms with Gasteiger partial charge >= 0.3 is 6.03 Å². The first-order valence-electron chi connectivity index (χ1n) is 14.4. The number of para-hydroxylation sites is 1. The van der Waals surface area contributed by atoms with E-state index in [1.54, 1.807) is 10.6 Å². The number of carbonyl (C=O) groups is 1. The minimum Gasteiger partial charge on any atom is -0.494 e. The molecule has 1 unspecified atom stereocenters. The van der Waals surface area contributed by atoms with E-state index in [2.05, 4.69) is 5.32 Å². The van der Waals surface area contributed by atoms with Gasteiger partial charge in [-0.3, -0.25) is 9.36 Å². The number of hydrogen-bond donors (Lipinski definition) is 1. The molecule has 2 amide bonds. The van der Waals surface area contributed by atoms with Crippen LogP contribution in [0.1, 0.15) is 69.8 Å². The van der Waals surface area contributed by atoms with Gasteiger partial charge in [-0.1, -0.05) is 68.7 Å². The van der Waals surface area contributed by atoms with E-state index in [9.17, 15) is 9.59 Å². The van der Waals surface area contributed by atoms with Gasteiger partial charge < -0.3 is 15.0 Å². The largest absolute Gasteiger partial charge is 0.494 e. The molecular formula is C33H38N4O3. The lowest BCUT2D eigenvalue weighted by molar-refractivity contribution is 0.157. The van der Waals surface area contributed by atoms with Crippen LogP contribution in [0.2, 0.25) is 0 Å². The molecule has 1 heterocycles. The Morgan fingerprint density at radius 3 is 2.38 bits per heavy atom. The van der Waals surface area contributed by atoms with Crippen LogP contribution in [-0.4, -0.2) is 33.1 Å². The Bertz CT molecular complexity index is 1480. The van der Waals surface area contributed by atoms with Crippen molar-refractivity contribution in [2.75, 3.05) is 6.61 Å². The summed E-state index contributed by atoms with van der Waals surface area (Å²) in [4.78, 5) is 34.9. The van der Waals surface area contributed by atoms with Crippen LogP contribution < -0.4 is 15.6 Å². The molecule has 0 bridgehead atoms. The second kappa shape index (κ2) is 12.8. The summed E-state index contributed by atoms with van der Waals surface area (Å²) in [5.74, 6) is 1.28. The van der Waals surface area contributed by atoms with E-state index < -0.39 is 6.04 Å². The van der Waals surface area contributed by atoms with Gasteiger partial charge in [-0.15, -0.1) is 0 Å². The molecule has 1 atom stereocenters. The first-order valence-corrected chi connectivity index (χ1v) is 14.4. The molecule has 0 aliphatic heterocycles. The monoisotopic (exact) mass is 538 g/mol. The minimum absolute atomic E-state index is 0.122.